The summed E-state index contributed by atoms with van der Waals surface area (Å²) in [6.07, 6.45) is 0. The first-order valence-corrected chi connectivity index (χ1v) is 7.50. The molecule has 0 bridgehead atoms. The zero-order valence-electron chi connectivity index (χ0n) is 12.8. The Morgan fingerprint density at radius 1 is 1.41 bits per heavy atom. The summed E-state index contributed by atoms with van der Waals surface area (Å²) in [7, 11) is 0. The average Bonchev–Trinajstić information content (AvgIpc) is 2.44. The van der Waals surface area contributed by atoms with Gasteiger partial charge in [-0.25, -0.2) is 9.18 Å². The number of esters is 1. The third kappa shape index (κ3) is 3.62. The van der Waals surface area contributed by atoms with Crippen LogP contribution in [0.1, 0.15) is 32.4 Å². The van der Waals surface area contributed by atoms with E-state index in [9.17, 15) is 9.18 Å². The van der Waals surface area contributed by atoms with E-state index in [1.807, 2.05) is 13.8 Å². The lowest BCUT2D eigenvalue weighted by Gasteiger charge is -2.30. The smallest absolute Gasteiger partial charge is 0.338 e. The van der Waals surface area contributed by atoms with Crippen LogP contribution in [0.25, 0.3) is 0 Å². The number of nitrogens with one attached hydrogen (secondary N) is 2. The van der Waals surface area contributed by atoms with Crippen LogP contribution in [0.2, 0.25) is 0 Å². The Morgan fingerprint density at radius 2 is 2.09 bits per heavy atom. The van der Waals surface area contributed by atoms with E-state index in [0.717, 1.165) is 0 Å². The summed E-state index contributed by atoms with van der Waals surface area (Å²) in [6.45, 7) is 5.95. The molecule has 1 aromatic carbocycles. The number of benzene rings is 1. The van der Waals surface area contributed by atoms with Gasteiger partial charge in [0, 0.05) is 11.3 Å². The van der Waals surface area contributed by atoms with Crippen molar-refractivity contribution in [1.82, 2.24) is 10.6 Å². The molecule has 0 saturated heterocycles. The largest absolute Gasteiger partial charge is 0.462 e. The van der Waals surface area contributed by atoms with E-state index in [-0.39, 0.29) is 5.92 Å². The van der Waals surface area contributed by atoms with Crippen LogP contribution in [0.15, 0.2) is 35.5 Å². The molecule has 1 aliphatic heterocycles. The van der Waals surface area contributed by atoms with E-state index in [0.29, 0.717) is 28.6 Å². The third-order valence-corrected chi connectivity index (χ3v) is 3.47. The van der Waals surface area contributed by atoms with E-state index >= 15 is 0 Å². The van der Waals surface area contributed by atoms with E-state index < -0.39 is 17.8 Å². The molecular weight excluding hydrogens is 303 g/mol. The molecule has 1 aromatic rings. The van der Waals surface area contributed by atoms with Crippen molar-refractivity contribution >= 4 is 23.3 Å². The number of hydrogen-bond donors (Lipinski definition) is 2. The highest BCUT2D eigenvalue weighted by atomic mass is 32.1. The lowest BCUT2D eigenvalue weighted by Crippen LogP contribution is -2.45. The molecule has 0 spiro atoms. The van der Waals surface area contributed by atoms with E-state index in [4.69, 9.17) is 17.0 Å². The number of rotatable bonds is 4. The Bertz CT molecular complexity index is 628. The van der Waals surface area contributed by atoms with Crippen molar-refractivity contribution < 1.29 is 13.9 Å². The molecule has 2 rings (SSSR count). The van der Waals surface area contributed by atoms with Gasteiger partial charge in [-0.15, -0.1) is 0 Å². The average molecular weight is 322 g/mol. The Kier molecular flexibility index (Phi) is 5.13. The molecular formula is C16H19FN2O2S. The van der Waals surface area contributed by atoms with Gasteiger partial charge in [0.2, 0.25) is 0 Å². The number of allylic oxidation sites excluding steroid dienone is 1. The quantitative estimate of drug-likeness (QED) is 0.659. The number of carbonyl (C=O) groups is 1. The molecule has 2 N–H and O–H groups in total. The van der Waals surface area contributed by atoms with Gasteiger partial charge < -0.3 is 15.4 Å². The zero-order valence-corrected chi connectivity index (χ0v) is 13.6. The van der Waals surface area contributed by atoms with Crippen LogP contribution < -0.4 is 10.6 Å². The Morgan fingerprint density at radius 3 is 2.73 bits per heavy atom. The predicted molar refractivity (Wildman–Crippen MR) is 86.5 cm³/mol. The topological polar surface area (TPSA) is 50.4 Å². The minimum atomic E-state index is -0.658. The van der Waals surface area contributed by atoms with Gasteiger partial charge in [-0.2, -0.15) is 0 Å². The molecule has 1 atom stereocenters. The first kappa shape index (κ1) is 16.4. The number of thiocarbonyl (C=S) groups is 1. The van der Waals surface area contributed by atoms with Crippen molar-refractivity contribution in [3.63, 3.8) is 0 Å². The predicted octanol–water partition coefficient (Wildman–Crippen LogP) is 2.82. The number of ether oxygens (including phenoxy) is 1. The second-order valence-corrected chi connectivity index (χ2v) is 5.99. The molecule has 1 heterocycles. The van der Waals surface area contributed by atoms with Gasteiger partial charge in [0.25, 0.3) is 0 Å². The van der Waals surface area contributed by atoms with E-state index in [2.05, 4.69) is 10.6 Å². The lowest BCUT2D eigenvalue weighted by molar-refractivity contribution is -0.140. The van der Waals surface area contributed by atoms with Crippen LogP contribution in [-0.4, -0.2) is 17.7 Å². The first-order valence-electron chi connectivity index (χ1n) is 7.10. The first-order chi connectivity index (χ1) is 10.4. The summed E-state index contributed by atoms with van der Waals surface area (Å²) < 4.78 is 19.4. The SMILES string of the molecule is CC1=C(C(=O)OCC(C)C)C(c2ccccc2F)NC(=S)N1. The molecule has 0 amide bonds. The van der Waals surface area contributed by atoms with Gasteiger partial charge in [-0.3, -0.25) is 0 Å². The van der Waals surface area contributed by atoms with Crippen LogP contribution in [0.3, 0.4) is 0 Å². The second kappa shape index (κ2) is 6.87. The summed E-state index contributed by atoms with van der Waals surface area (Å²) in [5, 5.41) is 6.19. The van der Waals surface area contributed by atoms with Crippen molar-refractivity contribution in [2.75, 3.05) is 6.61 Å². The third-order valence-electron chi connectivity index (χ3n) is 3.25. The summed E-state index contributed by atoms with van der Waals surface area (Å²) in [5.74, 6) is -0.643. The minimum Gasteiger partial charge on any atom is -0.462 e. The monoisotopic (exact) mass is 322 g/mol. The van der Waals surface area contributed by atoms with E-state index in [1.165, 1.54) is 6.07 Å². The molecule has 22 heavy (non-hydrogen) atoms. The summed E-state index contributed by atoms with van der Waals surface area (Å²) >= 11 is 5.12. The molecule has 0 aromatic heterocycles. The van der Waals surface area contributed by atoms with Crippen molar-refractivity contribution in [3.05, 3.63) is 46.9 Å². The zero-order chi connectivity index (χ0) is 16.3. The Labute approximate surface area is 134 Å². The fourth-order valence-corrected chi connectivity index (χ4v) is 2.50. The van der Waals surface area contributed by atoms with Gasteiger partial charge in [0.15, 0.2) is 5.11 Å². The molecule has 118 valence electrons. The highest BCUT2D eigenvalue weighted by molar-refractivity contribution is 7.80. The van der Waals surface area contributed by atoms with Gasteiger partial charge in [-0.05, 0) is 31.1 Å². The summed E-state index contributed by atoms with van der Waals surface area (Å²) in [5.41, 5.74) is 1.28. The van der Waals surface area contributed by atoms with Gasteiger partial charge in [0.05, 0.1) is 18.2 Å². The molecule has 1 unspecified atom stereocenters. The van der Waals surface area contributed by atoms with Crippen LogP contribution in [0.5, 0.6) is 0 Å². The van der Waals surface area contributed by atoms with Crippen molar-refractivity contribution in [1.29, 1.82) is 0 Å². The maximum Gasteiger partial charge on any atom is 0.338 e. The maximum atomic E-state index is 14.1. The molecule has 6 heteroatoms. The van der Waals surface area contributed by atoms with Crippen molar-refractivity contribution in [2.24, 2.45) is 5.92 Å². The van der Waals surface area contributed by atoms with Gasteiger partial charge in [0.1, 0.15) is 5.82 Å². The fourth-order valence-electron chi connectivity index (χ4n) is 2.23. The fraction of sp³-hybridized carbons (Fsp3) is 0.375. The summed E-state index contributed by atoms with van der Waals surface area (Å²) in [6, 6.07) is 5.65. The standard InChI is InChI=1S/C16H19FN2O2S/c1-9(2)8-21-15(20)13-10(3)18-16(22)19-14(13)11-6-4-5-7-12(11)17/h4-7,9,14H,8H2,1-3H3,(H2,18,19,22). The summed E-state index contributed by atoms with van der Waals surface area (Å²) in [4.78, 5) is 12.4. The minimum absolute atomic E-state index is 0.224. The highest BCUT2D eigenvalue weighted by Gasteiger charge is 2.32. The van der Waals surface area contributed by atoms with Crippen molar-refractivity contribution in [3.8, 4) is 0 Å². The number of carbonyl (C=O) groups excluding carboxylic acids is 1. The molecule has 4 nitrogen and oxygen atoms in total. The van der Waals surface area contributed by atoms with E-state index in [1.54, 1.807) is 25.1 Å². The van der Waals surface area contributed by atoms with Crippen LogP contribution >= 0.6 is 12.2 Å². The molecule has 0 fully saturated rings. The van der Waals surface area contributed by atoms with Crippen LogP contribution in [0, 0.1) is 11.7 Å². The van der Waals surface area contributed by atoms with Crippen LogP contribution in [0.4, 0.5) is 4.39 Å². The van der Waals surface area contributed by atoms with Crippen LogP contribution in [-0.2, 0) is 9.53 Å². The maximum absolute atomic E-state index is 14.1. The normalized spacial score (nSPS) is 18.0. The highest BCUT2D eigenvalue weighted by Crippen LogP contribution is 2.29. The number of halogens is 1. The molecule has 1 aliphatic rings. The lowest BCUT2D eigenvalue weighted by atomic mass is 9.95. The molecule has 0 aliphatic carbocycles. The van der Waals surface area contributed by atoms with Crippen molar-refractivity contribution in [2.45, 2.75) is 26.8 Å². The molecule has 0 radical (unpaired) electrons. The Balaban J connectivity index is 2.37. The number of hydrogen-bond acceptors (Lipinski definition) is 3. The Hall–Kier alpha value is -1.95. The second-order valence-electron chi connectivity index (χ2n) is 5.58. The van der Waals surface area contributed by atoms with Gasteiger partial charge >= 0.3 is 5.97 Å². The van der Waals surface area contributed by atoms with Gasteiger partial charge in [-0.1, -0.05) is 32.0 Å². The molecule has 0 saturated carbocycles.